The van der Waals surface area contributed by atoms with Gasteiger partial charge in [0.2, 0.25) is 0 Å². The third kappa shape index (κ3) is 3.38. The number of Topliss-reactive ketones (excluding diaryl/α,β-unsaturated/α-hetero) is 1. The minimum absolute atomic E-state index is 0.253. The molecule has 21 heavy (non-hydrogen) atoms. The molecule has 0 spiro atoms. The van der Waals surface area contributed by atoms with Crippen molar-refractivity contribution in [2.75, 3.05) is 18.6 Å². The number of methoxy groups -OCH3 is 1. The van der Waals surface area contributed by atoms with E-state index in [4.69, 9.17) is 4.74 Å². The van der Waals surface area contributed by atoms with Crippen LogP contribution in [0.1, 0.15) is 24.8 Å². The first-order valence-corrected chi connectivity index (χ1v) is 9.13. The van der Waals surface area contributed by atoms with Crippen molar-refractivity contribution in [2.24, 2.45) is 0 Å². The molecule has 1 saturated carbocycles. The molecule has 1 heterocycles. The second kappa shape index (κ2) is 6.75. The predicted octanol–water partition coefficient (Wildman–Crippen LogP) is 4.52. The second-order valence-corrected chi connectivity index (χ2v) is 7.56. The average Bonchev–Trinajstić information content (AvgIpc) is 2.90. The van der Waals surface area contributed by atoms with Crippen molar-refractivity contribution < 1.29 is 9.53 Å². The zero-order valence-electron chi connectivity index (χ0n) is 12.1. The van der Waals surface area contributed by atoms with Crippen LogP contribution in [0, 0.1) is 0 Å². The molecule has 0 unspecified atom stereocenters. The Morgan fingerprint density at radius 2 is 1.81 bits per heavy atom. The van der Waals surface area contributed by atoms with Crippen molar-refractivity contribution in [1.29, 1.82) is 0 Å². The molecule has 0 atom stereocenters. The van der Waals surface area contributed by atoms with Gasteiger partial charge < -0.3 is 4.74 Å². The SMILES string of the molecule is COc1ccc(C=C2CCC(=C3SCCCS3)C2=O)cc1. The maximum Gasteiger partial charge on any atom is 0.186 e. The van der Waals surface area contributed by atoms with E-state index in [0.717, 1.165) is 46.8 Å². The van der Waals surface area contributed by atoms with Gasteiger partial charge in [-0.1, -0.05) is 12.1 Å². The number of hydrogen-bond donors (Lipinski definition) is 0. The molecule has 2 nitrogen and oxygen atoms in total. The van der Waals surface area contributed by atoms with Gasteiger partial charge in [0.15, 0.2) is 5.78 Å². The van der Waals surface area contributed by atoms with E-state index in [0.29, 0.717) is 0 Å². The minimum Gasteiger partial charge on any atom is -0.497 e. The van der Waals surface area contributed by atoms with Gasteiger partial charge in [-0.05, 0) is 54.5 Å². The first-order valence-electron chi connectivity index (χ1n) is 7.16. The minimum atomic E-state index is 0.253. The Labute approximate surface area is 134 Å². The van der Waals surface area contributed by atoms with Crippen LogP contribution in [0.25, 0.3) is 6.08 Å². The molecule has 1 aromatic rings. The maximum atomic E-state index is 12.6. The van der Waals surface area contributed by atoms with Crippen LogP contribution in [0.3, 0.4) is 0 Å². The topological polar surface area (TPSA) is 26.3 Å². The first-order chi connectivity index (χ1) is 10.3. The van der Waals surface area contributed by atoms with Gasteiger partial charge in [-0.2, -0.15) is 0 Å². The largest absolute Gasteiger partial charge is 0.497 e. The van der Waals surface area contributed by atoms with Crippen LogP contribution in [0.5, 0.6) is 5.75 Å². The molecule has 3 rings (SSSR count). The first kappa shape index (κ1) is 14.8. The number of ketones is 1. The number of allylic oxidation sites excluding steroid dienone is 2. The highest BCUT2D eigenvalue weighted by Gasteiger charge is 2.27. The molecule has 1 aromatic carbocycles. The Bertz CT molecular complexity index is 592. The van der Waals surface area contributed by atoms with E-state index >= 15 is 0 Å². The van der Waals surface area contributed by atoms with E-state index in [9.17, 15) is 4.79 Å². The van der Waals surface area contributed by atoms with Gasteiger partial charge in [0.25, 0.3) is 0 Å². The Balaban J connectivity index is 1.80. The summed E-state index contributed by atoms with van der Waals surface area (Å²) in [6.07, 6.45) is 5.03. The van der Waals surface area contributed by atoms with E-state index < -0.39 is 0 Å². The van der Waals surface area contributed by atoms with Gasteiger partial charge in [-0.3, -0.25) is 4.79 Å². The van der Waals surface area contributed by atoms with Crippen LogP contribution >= 0.6 is 23.5 Å². The second-order valence-electron chi connectivity index (χ2n) is 5.09. The highest BCUT2D eigenvalue weighted by molar-refractivity contribution is 8.22. The Kier molecular flexibility index (Phi) is 4.76. The molecule has 1 aliphatic carbocycles. The molecule has 1 aliphatic heterocycles. The number of benzene rings is 1. The molecule has 1 saturated heterocycles. The standard InChI is InChI=1S/C17H18O2S2/c1-19-14-6-3-12(4-7-14)11-13-5-8-15(16(13)18)17-20-9-2-10-21-17/h3-4,6-7,11H,2,5,8-10H2,1H3. The van der Waals surface area contributed by atoms with E-state index in [-0.39, 0.29) is 5.78 Å². The quantitative estimate of drug-likeness (QED) is 0.749. The summed E-state index contributed by atoms with van der Waals surface area (Å²) in [5, 5.41) is 0. The highest BCUT2D eigenvalue weighted by atomic mass is 32.2. The summed E-state index contributed by atoms with van der Waals surface area (Å²) < 4.78 is 6.42. The molecule has 4 heteroatoms. The fourth-order valence-corrected chi connectivity index (χ4v) is 5.22. The lowest BCUT2D eigenvalue weighted by Gasteiger charge is -2.14. The predicted molar refractivity (Wildman–Crippen MR) is 91.8 cm³/mol. The summed E-state index contributed by atoms with van der Waals surface area (Å²) in [6, 6.07) is 7.85. The number of carbonyl (C=O) groups excluding carboxylic acids is 1. The van der Waals surface area contributed by atoms with Gasteiger partial charge in [0.1, 0.15) is 5.75 Å². The summed E-state index contributed by atoms with van der Waals surface area (Å²) in [5.74, 6) is 3.39. The third-order valence-corrected chi connectivity index (χ3v) is 6.38. The monoisotopic (exact) mass is 318 g/mol. The molecule has 110 valence electrons. The van der Waals surface area contributed by atoms with E-state index in [2.05, 4.69) is 0 Å². The van der Waals surface area contributed by atoms with Gasteiger partial charge in [-0.25, -0.2) is 0 Å². The molecule has 2 aliphatic rings. The number of carbonyl (C=O) groups is 1. The zero-order valence-corrected chi connectivity index (χ0v) is 13.7. The van der Waals surface area contributed by atoms with Gasteiger partial charge in [-0.15, -0.1) is 23.5 Å². The van der Waals surface area contributed by atoms with Crippen LogP contribution < -0.4 is 4.74 Å². The smallest absolute Gasteiger partial charge is 0.186 e. The molecular formula is C17H18O2S2. The van der Waals surface area contributed by atoms with Crippen molar-refractivity contribution in [2.45, 2.75) is 19.3 Å². The fraction of sp³-hybridized carbons (Fsp3) is 0.353. The van der Waals surface area contributed by atoms with Crippen molar-refractivity contribution >= 4 is 35.4 Å². The third-order valence-electron chi connectivity index (χ3n) is 3.67. The average molecular weight is 318 g/mol. The number of thioether (sulfide) groups is 2. The number of ether oxygens (including phenoxy) is 1. The van der Waals surface area contributed by atoms with Crippen molar-refractivity contribution in [3.63, 3.8) is 0 Å². The summed E-state index contributed by atoms with van der Waals surface area (Å²) in [5.41, 5.74) is 3.05. The van der Waals surface area contributed by atoms with Crippen molar-refractivity contribution in [3.8, 4) is 5.75 Å². The maximum absolute atomic E-state index is 12.6. The summed E-state index contributed by atoms with van der Waals surface area (Å²) >= 11 is 3.71. The molecule has 2 fully saturated rings. The lowest BCUT2D eigenvalue weighted by atomic mass is 10.1. The Morgan fingerprint density at radius 1 is 1.10 bits per heavy atom. The van der Waals surface area contributed by atoms with Crippen LogP contribution in [0.15, 0.2) is 39.6 Å². The molecular weight excluding hydrogens is 300 g/mol. The highest BCUT2D eigenvalue weighted by Crippen LogP contribution is 2.42. The van der Waals surface area contributed by atoms with Gasteiger partial charge in [0, 0.05) is 15.4 Å². The van der Waals surface area contributed by atoms with Gasteiger partial charge in [0.05, 0.1) is 7.11 Å². The summed E-state index contributed by atoms with van der Waals surface area (Å²) in [6.45, 7) is 0. The molecule has 0 N–H and O–H groups in total. The Morgan fingerprint density at radius 3 is 2.48 bits per heavy atom. The molecule has 0 aromatic heterocycles. The van der Waals surface area contributed by atoms with Crippen molar-refractivity contribution in [1.82, 2.24) is 0 Å². The molecule has 0 radical (unpaired) electrons. The Hall–Kier alpha value is -1.13. The van der Waals surface area contributed by atoms with E-state index in [1.807, 2.05) is 53.9 Å². The van der Waals surface area contributed by atoms with Crippen LogP contribution in [0.4, 0.5) is 0 Å². The van der Waals surface area contributed by atoms with Gasteiger partial charge >= 0.3 is 0 Å². The fourth-order valence-electron chi connectivity index (χ4n) is 2.52. The summed E-state index contributed by atoms with van der Waals surface area (Å²) in [7, 11) is 1.66. The number of rotatable bonds is 2. The van der Waals surface area contributed by atoms with Crippen LogP contribution in [-0.2, 0) is 4.79 Å². The zero-order chi connectivity index (χ0) is 14.7. The van der Waals surface area contributed by atoms with Crippen LogP contribution in [-0.4, -0.2) is 24.4 Å². The van der Waals surface area contributed by atoms with E-state index in [1.54, 1.807) is 7.11 Å². The number of hydrogen-bond acceptors (Lipinski definition) is 4. The molecule has 0 amide bonds. The van der Waals surface area contributed by atoms with Crippen LogP contribution in [0.2, 0.25) is 0 Å². The van der Waals surface area contributed by atoms with E-state index in [1.165, 1.54) is 10.7 Å². The van der Waals surface area contributed by atoms with Crippen molar-refractivity contribution in [3.05, 3.63) is 45.2 Å². The normalized spacial score (nSPS) is 21.2. The lowest BCUT2D eigenvalue weighted by molar-refractivity contribution is -0.111. The lowest BCUT2D eigenvalue weighted by Crippen LogP contribution is -2.01. The summed E-state index contributed by atoms with van der Waals surface area (Å²) in [4.78, 5) is 12.6. The molecule has 0 bridgehead atoms.